The molecule has 0 spiro atoms. The lowest BCUT2D eigenvalue weighted by molar-refractivity contribution is 0.340. The quantitative estimate of drug-likeness (QED) is 0.904. The molecule has 1 heterocycles. The standard InChI is InChI=1S/C13H16ClN3O/c1-2-18-13-4-3-10(7-11(13)14)12-8-17(6-5-15)9-16-12/h3-4,7-9H,2,5-6,15H2,1H3. The Bertz CT molecular complexity index is 525. The van der Waals surface area contributed by atoms with Crippen molar-refractivity contribution in [3.63, 3.8) is 0 Å². The molecule has 18 heavy (non-hydrogen) atoms. The molecule has 0 saturated carbocycles. The summed E-state index contributed by atoms with van der Waals surface area (Å²) in [6.07, 6.45) is 3.73. The molecule has 0 aliphatic carbocycles. The van der Waals surface area contributed by atoms with E-state index in [1.165, 1.54) is 0 Å². The maximum absolute atomic E-state index is 6.15. The Morgan fingerprint density at radius 3 is 2.94 bits per heavy atom. The van der Waals surface area contributed by atoms with Crippen LogP contribution < -0.4 is 10.5 Å². The smallest absolute Gasteiger partial charge is 0.137 e. The van der Waals surface area contributed by atoms with E-state index in [0.29, 0.717) is 23.9 Å². The molecule has 0 aliphatic heterocycles. The Balaban J connectivity index is 2.24. The number of imidazole rings is 1. The van der Waals surface area contributed by atoms with Crippen molar-refractivity contribution in [1.29, 1.82) is 0 Å². The maximum atomic E-state index is 6.15. The summed E-state index contributed by atoms with van der Waals surface area (Å²) in [6, 6.07) is 5.68. The van der Waals surface area contributed by atoms with Crippen LogP contribution in [0.4, 0.5) is 0 Å². The van der Waals surface area contributed by atoms with Crippen molar-refractivity contribution in [2.24, 2.45) is 5.73 Å². The minimum atomic E-state index is 0.597. The lowest BCUT2D eigenvalue weighted by Gasteiger charge is -2.06. The van der Waals surface area contributed by atoms with Crippen LogP contribution in [0.2, 0.25) is 5.02 Å². The highest BCUT2D eigenvalue weighted by Crippen LogP contribution is 2.29. The summed E-state index contributed by atoms with van der Waals surface area (Å²) in [4.78, 5) is 4.33. The highest BCUT2D eigenvalue weighted by Gasteiger charge is 2.06. The zero-order valence-electron chi connectivity index (χ0n) is 10.3. The van der Waals surface area contributed by atoms with Crippen LogP contribution >= 0.6 is 11.6 Å². The minimum absolute atomic E-state index is 0.597. The Labute approximate surface area is 111 Å². The summed E-state index contributed by atoms with van der Waals surface area (Å²) in [5, 5.41) is 0.600. The van der Waals surface area contributed by atoms with E-state index in [9.17, 15) is 0 Å². The van der Waals surface area contributed by atoms with E-state index < -0.39 is 0 Å². The fourth-order valence-electron chi connectivity index (χ4n) is 1.71. The number of hydrogen-bond acceptors (Lipinski definition) is 3. The second kappa shape index (κ2) is 5.89. The van der Waals surface area contributed by atoms with Gasteiger partial charge in [0.25, 0.3) is 0 Å². The molecule has 1 aromatic heterocycles. The first kappa shape index (κ1) is 12.9. The van der Waals surface area contributed by atoms with Crippen LogP contribution in [0.15, 0.2) is 30.7 Å². The number of ether oxygens (including phenoxy) is 1. The molecule has 2 rings (SSSR count). The second-order valence-corrected chi connectivity index (χ2v) is 4.27. The molecule has 0 unspecified atom stereocenters. The number of hydrogen-bond donors (Lipinski definition) is 1. The fourth-order valence-corrected chi connectivity index (χ4v) is 1.95. The summed E-state index contributed by atoms with van der Waals surface area (Å²) >= 11 is 6.15. The van der Waals surface area contributed by atoms with Crippen LogP contribution in [0.25, 0.3) is 11.3 Å². The van der Waals surface area contributed by atoms with Gasteiger partial charge in [-0.1, -0.05) is 11.6 Å². The zero-order valence-corrected chi connectivity index (χ0v) is 11.0. The molecule has 0 atom stereocenters. The first-order chi connectivity index (χ1) is 8.74. The number of halogens is 1. The Morgan fingerprint density at radius 2 is 2.28 bits per heavy atom. The molecule has 0 fully saturated rings. The van der Waals surface area contributed by atoms with Crippen LogP contribution in [-0.2, 0) is 6.54 Å². The summed E-state index contributed by atoms with van der Waals surface area (Å²) in [6.45, 7) is 3.89. The number of rotatable bonds is 5. The third-order valence-electron chi connectivity index (χ3n) is 2.55. The Kier molecular flexibility index (Phi) is 4.23. The van der Waals surface area contributed by atoms with Crippen molar-refractivity contribution in [2.45, 2.75) is 13.5 Å². The molecule has 1 aromatic carbocycles. The second-order valence-electron chi connectivity index (χ2n) is 3.86. The van der Waals surface area contributed by atoms with Crippen LogP contribution in [0, 0.1) is 0 Å². The van der Waals surface area contributed by atoms with Crippen LogP contribution in [0.1, 0.15) is 6.92 Å². The third-order valence-corrected chi connectivity index (χ3v) is 2.84. The van der Waals surface area contributed by atoms with Crippen molar-refractivity contribution in [3.8, 4) is 17.0 Å². The van der Waals surface area contributed by atoms with Crippen LogP contribution in [0.5, 0.6) is 5.75 Å². The molecule has 0 bridgehead atoms. The van der Waals surface area contributed by atoms with Gasteiger partial charge < -0.3 is 15.0 Å². The van der Waals surface area contributed by atoms with Gasteiger partial charge in [0.1, 0.15) is 5.75 Å². The molecule has 96 valence electrons. The van der Waals surface area contributed by atoms with Gasteiger partial charge in [0.15, 0.2) is 0 Å². The van der Waals surface area contributed by atoms with Gasteiger partial charge in [-0.25, -0.2) is 4.98 Å². The molecular formula is C13H16ClN3O. The summed E-state index contributed by atoms with van der Waals surface area (Å²) in [5.74, 6) is 0.698. The first-order valence-corrected chi connectivity index (χ1v) is 6.27. The zero-order chi connectivity index (χ0) is 13.0. The molecule has 2 aromatic rings. The maximum Gasteiger partial charge on any atom is 0.137 e. The van der Waals surface area contributed by atoms with Gasteiger partial charge in [-0.05, 0) is 25.1 Å². The summed E-state index contributed by atoms with van der Waals surface area (Å²) in [5.41, 5.74) is 7.35. The third kappa shape index (κ3) is 2.83. The van der Waals surface area contributed by atoms with Crippen LogP contribution in [-0.4, -0.2) is 22.7 Å². The predicted molar refractivity (Wildman–Crippen MR) is 72.9 cm³/mol. The molecule has 2 N–H and O–H groups in total. The molecule has 0 radical (unpaired) electrons. The van der Waals surface area contributed by atoms with Gasteiger partial charge in [0.05, 0.1) is 23.7 Å². The molecule has 0 amide bonds. The number of nitrogens with zero attached hydrogens (tertiary/aromatic N) is 2. The topological polar surface area (TPSA) is 53.1 Å². The summed E-state index contributed by atoms with van der Waals surface area (Å²) in [7, 11) is 0. The number of benzene rings is 1. The lowest BCUT2D eigenvalue weighted by atomic mass is 10.1. The lowest BCUT2D eigenvalue weighted by Crippen LogP contribution is -2.07. The minimum Gasteiger partial charge on any atom is -0.492 e. The first-order valence-electron chi connectivity index (χ1n) is 5.89. The van der Waals surface area contributed by atoms with E-state index in [1.807, 2.05) is 35.9 Å². The van der Waals surface area contributed by atoms with Gasteiger partial charge in [-0.15, -0.1) is 0 Å². The van der Waals surface area contributed by atoms with E-state index in [2.05, 4.69) is 4.98 Å². The molecule has 0 saturated heterocycles. The normalized spacial score (nSPS) is 10.6. The molecule has 0 aliphatic rings. The van der Waals surface area contributed by atoms with Crippen molar-refractivity contribution in [1.82, 2.24) is 9.55 Å². The number of nitrogens with two attached hydrogens (primary N) is 1. The van der Waals surface area contributed by atoms with Gasteiger partial charge >= 0.3 is 0 Å². The van der Waals surface area contributed by atoms with Crippen molar-refractivity contribution in [3.05, 3.63) is 35.7 Å². The highest BCUT2D eigenvalue weighted by molar-refractivity contribution is 6.32. The van der Waals surface area contributed by atoms with Gasteiger partial charge in [0, 0.05) is 24.8 Å². The predicted octanol–water partition coefficient (Wildman–Crippen LogP) is 2.56. The van der Waals surface area contributed by atoms with Crippen molar-refractivity contribution < 1.29 is 4.74 Å². The van der Waals surface area contributed by atoms with Crippen molar-refractivity contribution in [2.75, 3.05) is 13.2 Å². The van der Waals surface area contributed by atoms with E-state index in [-0.39, 0.29) is 0 Å². The molecule has 4 nitrogen and oxygen atoms in total. The van der Waals surface area contributed by atoms with Crippen LogP contribution in [0.3, 0.4) is 0 Å². The van der Waals surface area contributed by atoms with E-state index in [1.54, 1.807) is 6.33 Å². The average Bonchev–Trinajstić information content (AvgIpc) is 2.81. The Morgan fingerprint density at radius 1 is 1.44 bits per heavy atom. The SMILES string of the molecule is CCOc1ccc(-c2cn(CCN)cn2)cc1Cl. The average molecular weight is 266 g/mol. The van der Waals surface area contributed by atoms with E-state index in [4.69, 9.17) is 22.1 Å². The molecular weight excluding hydrogens is 250 g/mol. The fraction of sp³-hybridized carbons (Fsp3) is 0.308. The Hall–Kier alpha value is -1.52. The van der Waals surface area contributed by atoms with Gasteiger partial charge in [-0.2, -0.15) is 0 Å². The van der Waals surface area contributed by atoms with Gasteiger partial charge in [0.2, 0.25) is 0 Å². The van der Waals surface area contributed by atoms with Crippen molar-refractivity contribution >= 4 is 11.6 Å². The highest BCUT2D eigenvalue weighted by atomic mass is 35.5. The van der Waals surface area contributed by atoms with E-state index in [0.717, 1.165) is 17.8 Å². The largest absolute Gasteiger partial charge is 0.492 e. The van der Waals surface area contributed by atoms with E-state index >= 15 is 0 Å². The van der Waals surface area contributed by atoms with Gasteiger partial charge in [-0.3, -0.25) is 0 Å². The number of aromatic nitrogens is 2. The molecule has 5 heteroatoms. The monoisotopic (exact) mass is 265 g/mol. The summed E-state index contributed by atoms with van der Waals surface area (Å²) < 4.78 is 7.36.